The predicted molar refractivity (Wildman–Crippen MR) is 85.5 cm³/mol. The van der Waals surface area contributed by atoms with E-state index in [1.54, 1.807) is 0 Å². The summed E-state index contributed by atoms with van der Waals surface area (Å²) in [7, 11) is 0. The van der Waals surface area contributed by atoms with E-state index < -0.39 is 0 Å². The van der Waals surface area contributed by atoms with Gasteiger partial charge in [-0.05, 0) is 65.6 Å². The zero-order valence-electron chi connectivity index (χ0n) is 13.8. The highest BCUT2D eigenvalue weighted by molar-refractivity contribution is 5.23. The maximum absolute atomic E-state index is 4.51. The van der Waals surface area contributed by atoms with Crippen LogP contribution in [-0.2, 0) is 13.0 Å². The van der Waals surface area contributed by atoms with Crippen LogP contribution in [0.3, 0.4) is 0 Å². The van der Waals surface area contributed by atoms with Gasteiger partial charge >= 0.3 is 0 Å². The predicted octanol–water partition coefficient (Wildman–Crippen LogP) is 2.45. The van der Waals surface area contributed by atoms with Crippen molar-refractivity contribution >= 4 is 0 Å². The summed E-state index contributed by atoms with van der Waals surface area (Å²) in [6.45, 7) is 12.5. The SMILES string of the molecule is Cc1cc(C)n(CC(C)NCCCc2c(C)n[nH]c2C)n1. The van der Waals surface area contributed by atoms with E-state index in [1.165, 1.54) is 17.0 Å². The first-order chi connectivity index (χ1) is 9.97. The second-order valence-corrected chi connectivity index (χ2v) is 5.98. The van der Waals surface area contributed by atoms with Crippen molar-refractivity contribution in [3.63, 3.8) is 0 Å². The Kier molecular flexibility index (Phi) is 5.17. The molecule has 5 nitrogen and oxygen atoms in total. The summed E-state index contributed by atoms with van der Waals surface area (Å²) < 4.78 is 2.08. The number of hydrogen-bond donors (Lipinski definition) is 2. The first-order valence-electron chi connectivity index (χ1n) is 7.72. The van der Waals surface area contributed by atoms with Gasteiger partial charge in [0.05, 0.1) is 17.9 Å². The normalized spacial score (nSPS) is 12.8. The van der Waals surface area contributed by atoms with Crippen LogP contribution in [0, 0.1) is 27.7 Å². The highest BCUT2D eigenvalue weighted by Crippen LogP contribution is 2.11. The van der Waals surface area contributed by atoms with E-state index in [0.29, 0.717) is 6.04 Å². The van der Waals surface area contributed by atoms with Crippen molar-refractivity contribution in [2.45, 2.75) is 60.0 Å². The van der Waals surface area contributed by atoms with Crippen molar-refractivity contribution < 1.29 is 0 Å². The molecule has 0 aromatic carbocycles. The highest BCUT2D eigenvalue weighted by atomic mass is 15.3. The van der Waals surface area contributed by atoms with E-state index in [-0.39, 0.29) is 0 Å². The van der Waals surface area contributed by atoms with Gasteiger partial charge in [0, 0.05) is 17.4 Å². The Morgan fingerprint density at radius 2 is 2.05 bits per heavy atom. The van der Waals surface area contributed by atoms with Crippen LogP contribution in [0.4, 0.5) is 0 Å². The van der Waals surface area contributed by atoms with Crippen LogP contribution in [0.2, 0.25) is 0 Å². The molecule has 1 unspecified atom stereocenters. The van der Waals surface area contributed by atoms with Crippen LogP contribution in [0.15, 0.2) is 6.07 Å². The molecule has 0 saturated heterocycles. The van der Waals surface area contributed by atoms with E-state index in [9.17, 15) is 0 Å². The van der Waals surface area contributed by atoms with E-state index in [0.717, 1.165) is 37.3 Å². The third kappa shape index (κ3) is 4.17. The maximum Gasteiger partial charge on any atom is 0.0625 e. The fraction of sp³-hybridized carbons (Fsp3) is 0.625. The molecule has 2 aromatic rings. The van der Waals surface area contributed by atoms with Gasteiger partial charge in [-0.25, -0.2) is 0 Å². The Balaban J connectivity index is 1.72. The molecule has 2 heterocycles. The molecule has 0 saturated carbocycles. The van der Waals surface area contributed by atoms with Crippen molar-refractivity contribution in [3.8, 4) is 0 Å². The number of aromatic amines is 1. The molecule has 0 radical (unpaired) electrons. The number of hydrogen-bond acceptors (Lipinski definition) is 3. The summed E-state index contributed by atoms with van der Waals surface area (Å²) in [5.41, 5.74) is 6.01. The molecule has 2 aromatic heterocycles. The zero-order chi connectivity index (χ0) is 15.4. The fourth-order valence-electron chi connectivity index (χ4n) is 2.74. The first kappa shape index (κ1) is 15.8. The standard InChI is InChI=1S/C16H27N5/c1-11-9-13(3)21(20-11)10-12(2)17-8-6-7-16-14(4)18-19-15(16)5/h9,12,17H,6-8,10H2,1-5H3,(H,18,19). The Labute approximate surface area is 127 Å². The Morgan fingerprint density at radius 1 is 1.29 bits per heavy atom. The van der Waals surface area contributed by atoms with Crippen molar-refractivity contribution in [2.24, 2.45) is 0 Å². The van der Waals surface area contributed by atoms with Gasteiger partial charge in [0.15, 0.2) is 0 Å². The average Bonchev–Trinajstić information content (AvgIpc) is 2.89. The zero-order valence-corrected chi connectivity index (χ0v) is 13.8. The molecular formula is C16H27N5. The van der Waals surface area contributed by atoms with Crippen LogP contribution < -0.4 is 5.32 Å². The molecule has 0 amide bonds. The van der Waals surface area contributed by atoms with Crippen LogP contribution >= 0.6 is 0 Å². The smallest absolute Gasteiger partial charge is 0.0625 e. The van der Waals surface area contributed by atoms with Crippen LogP contribution in [0.5, 0.6) is 0 Å². The quantitative estimate of drug-likeness (QED) is 0.770. The third-order valence-corrected chi connectivity index (χ3v) is 3.93. The Hall–Kier alpha value is -1.62. The molecule has 21 heavy (non-hydrogen) atoms. The minimum Gasteiger partial charge on any atom is -0.312 e. The topological polar surface area (TPSA) is 58.5 Å². The number of nitrogens with one attached hydrogen (secondary N) is 2. The van der Waals surface area contributed by atoms with Crippen LogP contribution in [-0.4, -0.2) is 32.6 Å². The van der Waals surface area contributed by atoms with Gasteiger partial charge in [-0.1, -0.05) is 0 Å². The number of H-pyrrole nitrogens is 1. The maximum atomic E-state index is 4.51. The molecule has 0 fully saturated rings. The number of aromatic nitrogens is 4. The lowest BCUT2D eigenvalue weighted by Crippen LogP contribution is -2.32. The fourth-order valence-corrected chi connectivity index (χ4v) is 2.74. The lowest BCUT2D eigenvalue weighted by Gasteiger charge is -2.15. The van der Waals surface area contributed by atoms with Gasteiger partial charge in [0.1, 0.15) is 0 Å². The van der Waals surface area contributed by atoms with Crippen molar-refractivity contribution in [1.82, 2.24) is 25.3 Å². The molecule has 116 valence electrons. The highest BCUT2D eigenvalue weighted by Gasteiger charge is 2.08. The summed E-state index contributed by atoms with van der Waals surface area (Å²) in [6.07, 6.45) is 2.20. The molecule has 5 heteroatoms. The molecule has 2 N–H and O–H groups in total. The second kappa shape index (κ2) is 6.89. The minimum absolute atomic E-state index is 0.426. The number of nitrogens with zero attached hydrogens (tertiary/aromatic N) is 3. The molecular weight excluding hydrogens is 262 g/mol. The monoisotopic (exact) mass is 289 g/mol. The van der Waals surface area contributed by atoms with Gasteiger partial charge in [0.2, 0.25) is 0 Å². The van der Waals surface area contributed by atoms with Crippen LogP contribution in [0.1, 0.15) is 41.7 Å². The van der Waals surface area contributed by atoms with Gasteiger partial charge < -0.3 is 5.32 Å². The van der Waals surface area contributed by atoms with Gasteiger partial charge in [-0.2, -0.15) is 10.2 Å². The van der Waals surface area contributed by atoms with Crippen molar-refractivity contribution in [2.75, 3.05) is 6.54 Å². The molecule has 1 atom stereocenters. The molecule has 0 aliphatic heterocycles. The van der Waals surface area contributed by atoms with Crippen molar-refractivity contribution in [3.05, 3.63) is 34.4 Å². The largest absolute Gasteiger partial charge is 0.312 e. The third-order valence-electron chi connectivity index (χ3n) is 3.93. The summed E-state index contributed by atoms with van der Waals surface area (Å²) in [5.74, 6) is 0. The molecule has 0 spiro atoms. The second-order valence-electron chi connectivity index (χ2n) is 5.98. The Morgan fingerprint density at radius 3 is 2.62 bits per heavy atom. The lowest BCUT2D eigenvalue weighted by molar-refractivity contribution is 0.442. The average molecular weight is 289 g/mol. The molecule has 2 rings (SSSR count). The lowest BCUT2D eigenvalue weighted by atomic mass is 10.1. The molecule has 0 bridgehead atoms. The minimum atomic E-state index is 0.426. The van der Waals surface area contributed by atoms with Gasteiger partial charge in [-0.3, -0.25) is 9.78 Å². The molecule has 0 aliphatic rings. The summed E-state index contributed by atoms with van der Waals surface area (Å²) in [6, 6.07) is 2.55. The summed E-state index contributed by atoms with van der Waals surface area (Å²) in [5, 5.41) is 15.4. The molecule has 0 aliphatic carbocycles. The summed E-state index contributed by atoms with van der Waals surface area (Å²) in [4.78, 5) is 0. The number of rotatable bonds is 7. The van der Waals surface area contributed by atoms with E-state index in [1.807, 2.05) is 6.92 Å². The summed E-state index contributed by atoms with van der Waals surface area (Å²) >= 11 is 0. The number of aryl methyl sites for hydroxylation is 4. The van der Waals surface area contributed by atoms with E-state index >= 15 is 0 Å². The Bertz CT molecular complexity index is 562. The van der Waals surface area contributed by atoms with Crippen molar-refractivity contribution in [1.29, 1.82) is 0 Å². The van der Waals surface area contributed by atoms with Gasteiger partial charge in [0.25, 0.3) is 0 Å². The van der Waals surface area contributed by atoms with E-state index in [4.69, 9.17) is 0 Å². The van der Waals surface area contributed by atoms with Gasteiger partial charge in [-0.15, -0.1) is 0 Å². The van der Waals surface area contributed by atoms with Crippen LogP contribution in [0.25, 0.3) is 0 Å². The van der Waals surface area contributed by atoms with E-state index in [2.05, 4.69) is 59.1 Å². The first-order valence-corrected chi connectivity index (χ1v) is 7.72.